The van der Waals surface area contributed by atoms with Crippen molar-refractivity contribution in [3.8, 4) is 5.75 Å². The van der Waals surface area contributed by atoms with Gasteiger partial charge in [0.1, 0.15) is 5.75 Å². The second-order valence-electron chi connectivity index (χ2n) is 8.81. The van der Waals surface area contributed by atoms with Gasteiger partial charge in [-0.05, 0) is 37.3 Å². The fourth-order valence-electron chi connectivity index (χ4n) is 4.17. The lowest BCUT2D eigenvalue weighted by Gasteiger charge is -2.16. The molecular weight excluding hydrogens is 328 g/mol. The minimum atomic E-state index is 0.459. The first-order valence-electron chi connectivity index (χ1n) is 11.9. The van der Waals surface area contributed by atoms with E-state index in [1.807, 2.05) is 6.92 Å². The number of rotatable bonds is 16. The summed E-state index contributed by atoms with van der Waals surface area (Å²) in [5.74, 6) is 0.972. The van der Waals surface area contributed by atoms with Crippen LogP contribution in [0, 0.1) is 13.8 Å². The summed E-state index contributed by atoms with van der Waals surface area (Å²) in [5.41, 5.74) is 3.41. The molecule has 1 aromatic carbocycles. The highest BCUT2D eigenvalue weighted by Gasteiger charge is 2.12. The van der Waals surface area contributed by atoms with E-state index in [9.17, 15) is 5.11 Å². The molecule has 27 heavy (non-hydrogen) atoms. The molecule has 1 N–H and O–H groups in total. The lowest BCUT2D eigenvalue weighted by Crippen LogP contribution is -1.97. The van der Waals surface area contributed by atoms with Gasteiger partial charge in [-0.1, -0.05) is 121 Å². The van der Waals surface area contributed by atoms with Crippen LogP contribution in [0.25, 0.3) is 0 Å². The molecule has 1 unspecified atom stereocenters. The van der Waals surface area contributed by atoms with E-state index in [0.29, 0.717) is 11.7 Å². The first-order valence-corrected chi connectivity index (χ1v) is 11.9. The van der Waals surface area contributed by atoms with Crippen LogP contribution in [0.5, 0.6) is 5.75 Å². The molecule has 0 amide bonds. The van der Waals surface area contributed by atoms with Crippen molar-refractivity contribution >= 4 is 0 Å². The third-order valence-corrected chi connectivity index (χ3v) is 6.00. The normalized spacial score (nSPS) is 12.4. The van der Waals surface area contributed by atoms with E-state index in [1.165, 1.54) is 102 Å². The molecule has 1 nitrogen and oxygen atoms in total. The summed E-state index contributed by atoms with van der Waals surface area (Å²) in [6, 6.07) is 4.23. The summed E-state index contributed by atoms with van der Waals surface area (Å²) >= 11 is 0. The molecule has 0 saturated heterocycles. The molecule has 0 aliphatic carbocycles. The largest absolute Gasteiger partial charge is 0.507 e. The van der Waals surface area contributed by atoms with Crippen LogP contribution in [0.3, 0.4) is 0 Å². The molecule has 0 fully saturated rings. The van der Waals surface area contributed by atoms with Crippen molar-refractivity contribution in [1.82, 2.24) is 0 Å². The highest BCUT2D eigenvalue weighted by atomic mass is 16.3. The third-order valence-electron chi connectivity index (χ3n) is 6.00. The zero-order valence-electron chi connectivity index (χ0n) is 18.8. The summed E-state index contributed by atoms with van der Waals surface area (Å²) in [4.78, 5) is 0. The zero-order chi connectivity index (χ0) is 19.9. The Hall–Kier alpha value is -0.980. The van der Waals surface area contributed by atoms with Crippen LogP contribution in [-0.4, -0.2) is 5.11 Å². The van der Waals surface area contributed by atoms with Gasteiger partial charge in [0.2, 0.25) is 0 Å². The average Bonchev–Trinajstić information content (AvgIpc) is 2.64. The Morgan fingerprint density at radius 2 is 1.15 bits per heavy atom. The first-order chi connectivity index (χ1) is 13.1. The van der Waals surface area contributed by atoms with Crippen molar-refractivity contribution in [1.29, 1.82) is 0 Å². The van der Waals surface area contributed by atoms with Crippen molar-refractivity contribution in [3.63, 3.8) is 0 Å². The average molecular weight is 375 g/mol. The third kappa shape index (κ3) is 10.8. The van der Waals surface area contributed by atoms with Crippen LogP contribution in [0.15, 0.2) is 12.1 Å². The van der Waals surface area contributed by atoms with E-state index in [1.54, 1.807) is 0 Å². The highest BCUT2D eigenvalue weighted by molar-refractivity contribution is 5.44. The fraction of sp³-hybridized carbons (Fsp3) is 0.769. The van der Waals surface area contributed by atoms with Gasteiger partial charge in [0.05, 0.1) is 0 Å². The van der Waals surface area contributed by atoms with Crippen molar-refractivity contribution in [2.24, 2.45) is 0 Å². The maximum atomic E-state index is 10.3. The molecule has 1 aromatic rings. The fourth-order valence-corrected chi connectivity index (χ4v) is 4.17. The van der Waals surface area contributed by atoms with Crippen LogP contribution in [0.2, 0.25) is 0 Å². The maximum Gasteiger partial charge on any atom is 0.121 e. The summed E-state index contributed by atoms with van der Waals surface area (Å²) in [6.45, 7) is 8.67. The van der Waals surface area contributed by atoms with Crippen LogP contribution in [-0.2, 0) is 0 Å². The Bertz CT molecular complexity index is 491. The van der Waals surface area contributed by atoms with Crippen molar-refractivity contribution in [2.75, 3.05) is 0 Å². The maximum absolute atomic E-state index is 10.3. The van der Waals surface area contributed by atoms with Crippen LogP contribution >= 0.6 is 0 Å². The quantitative estimate of drug-likeness (QED) is 0.286. The van der Waals surface area contributed by atoms with Crippen LogP contribution in [0.4, 0.5) is 0 Å². The Labute approximate surface area is 170 Å². The predicted octanol–water partition coefficient (Wildman–Crippen LogP) is 8.98. The summed E-state index contributed by atoms with van der Waals surface area (Å²) in [5, 5.41) is 10.3. The van der Waals surface area contributed by atoms with Crippen molar-refractivity contribution < 1.29 is 5.11 Å². The second kappa shape index (κ2) is 15.0. The molecule has 0 radical (unpaired) electrons. The van der Waals surface area contributed by atoms with Gasteiger partial charge in [-0.2, -0.15) is 0 Å². The molecule has 0 aliphatic heterocycles. The van der Waals surface area contributed by atoms with E-state index in [2.05, 4.69) is 32.9 Å². The number of hydrogen-bond acceptors (Lipinski definition) is 1. The molecule has 0 bridgehead atoms. The number of unbranched alkanes of at least 4 members (excludes halogenated alkanes) is 13. The lowest BCUT2D eigenvalue weighted by molar-refractivity contribution is 0.453. The molecule has 156 valence electrons. The molecule has 1 rings (SSSR count). The molecule has 0 spiro atoms. The topological polar surface area (TPSA) is 20.2 Å². The summed E-state index contributed by atoms with van der Waals surface area (Å²) < 4.78 is 0. The van der Waals surface area contributed by atoms with Gasteiger partial charge >= 0.3 is 0 Å². The first kappa shape index (κ1) is 24.1. The molecule has 1 atom stereocenters. The van der Waals surface area contributed by atoms with E-state index in [4.69, 9.17) is 0 Å². The number of hydrogen-bond donors (Lipinski definition) is 1. The Kier molecular flexibility index (Phi) is 13.4. The van der Waals surface area contributed by atoms with E-state index < -0.39 is 0 Å². The minimum absolute atomic E-state index is 0.459. The smallest absolute Gasteiger partial charge is 0.121 e. The molecule has 0 heterocycles. The second-order valence-corrected chi connectivity index (χ2v) is 8.81. The number of aryl methyl sites for hydroxylation is 2. The number of benzene rings is 1. The molecule has 0 aliphatic rings. The Morgan fingerprint density at radius 1 is 0.704 bits per heavy atom. The van der Waals surface area contributed by atoms with E-state index in [-0.39, 0.29) is 0 Å². The highest BCUT2D eigenvalue weighted by Crippen LogP contribution is 2.33. The standard InChI is InChI=1S/C26H46O/c1-5-6-7-8-9-10-11-12-13-14-15-16-17-18-19-23(3)25-21-22(2)20-24(4)26(25)27/h20-21,23,27H,5-19H2,1-4H3. The molecule has 0 aromatic heterocycles. The molecular formula is C26H46O. The van der Waals surface area contributed by atoms with E-state index in [0.717, 1.165) is 11.1 Å². The van der Waals surface area contributed by atoms with Gasteiger partial charge < -0.3 is 5.11 Å². The van der Waals surface area contributed by atoms with E-state index >= 15 is 0 Å². The lowest BCUT2D eigenvalue weighted by atomic mass is 9.91. The number of phenolic OH excluding ortho intramolecular Hbond substituents is 1. The van der Waals surface area contributed by atoms with Gasteiger partial charge in [-0.15, -0.1) is 0 Å². The number of aromatic hydroxyl groups is 1. The Balaban J connectivity index is 1.97. The van der Waals surface area contributed by atoms with Crippen LogP contribution in [0.1, 0.15) is 133 Å². The van der Waals surface area contributed by atoms with Gasteiger partial charge in [0.15, 0.2) is 0 Å². The predicted molar refractivity (Wildman–Crippen MR) is 121 cm³/mol. The minimum Gasteiger partial charge on any atom is -0.507 e. The van der Waals surface area contributed by atoms with Gasteiger partial charge in [-0.25, -0.2) is 0 Å². The molecule has 0 saturated carbocycles. The SMILES string of the molecule is CCCCCCCCCCCCCCCCC(C)c1cc(C)cc(C)c1O. The molecule has 1 heteroatoms. The summed E-state index contributed by atoms with van der Waals surface area (Å²) in [6.07, 6.45) is 20.9. The monoisotopic (exact) mass is 374 g/mol. The van der Waals surface area contributed by atoms with Crippen molar-refractivity contribution in [2.45, 2.75) is 130 Å². The number of phenols is 1. The van der Waals surface area contributed by atoms with Crippen molar-refractivity contribution in [3.05, 3.63) is 28.8 Å². The van der Waals surface area contributed by atoms with Gasteiger partial charge in [-0.3, -0.25) is 0 Å². The van der Waals surface area contributed by atoms with Gasteiger partial charge in [0, 0.05) is 0 Å². The van der Waals surface area contributed by atoms with Crippen LogP contribution < -0.4 is 0 Å². The summed E-state index contributed by atoms with van der Waals surface area (Å²) in [7, 11) is 0. The Morgan fingerprint density at radius 3 is 1.63 bits per heavy atom. The zero-order valence-corrected chi connectivity index (χ0v) is 18.8. The van der Waals surface area contributed by atoms with Gasteiger partial charge in [0.25, 0.3) is 0 Å².